The number of oxazole rings is 2. The minimum atomic E-state index is 0.241. The SMILES string of the molecule is Cc1cc(CN(Cc2nc(-c3ccccc3)oc2C)Cc2nc(-c3ccccc3)oc2C)cc(C)c1CC(C)(C)C. The molecule has 0 aliphatic heterocycles. The second kappa shape index (κ2) is 11.9. The zero-order valence-electron chi connectivity index (χ0n) is 25.4. The van der Waals surface area contributed by atoms with E-state index in [1.165, 1.54) is 22.3 Å². The molecule has 0 bridgehead atoms. The van der Waals surface area contributed by atoms with E-state index in [-0.39, 0.29) is 5.41 Å². The van der Waals surface area contributed by atoms with Crippen molar-refractivity contribution in [1.82, 2.24) is 14.9 Å². The summed E-state index contributed by atoms with van der Waals surface area (Å²) < 4.78 is 12.2. The molecule has 0 aliphatic carbocycles. The topological polar surface area (TPSA) is 55.3 Å². The maximum absolute atomic E-state index is 6.12. The minimum absolute atomic E-state index is 0.241. The van der Waals surface area contributed by atoms with Crippen molar-refractivity contribution >= 4 is 0 Å². The van der Waals surface area contributed by atoms with Gasteiger partial charge in [-0.3, -0.25) is 4.90 Å². The zero-order chi connectivity index (χ0) is 29.1. The van der Waals surface area contributed by atoms with Crippen LogP contribution in [-0.2, 0) is 26.1 Å². The van der Waals surface area contributed by atoms with Gasteiger partial charge in [0, 0.05) is 30.8 Å². The van der Waals surface area contributed by atoms with E-state index in [1.54, 1.807) is 0 Å². The van der Waals surface area contributed by atoms with Crippen molar-refractivity contribution in [3.8, 4) is 22.9 Å². The van der Waals surface area contributed by atoms with E-state index in [2.05, 4.69) is 51.7 Å². The third-order valence-corrected chi connectivity index (χ3v) is 7.44. The van der Waals surface area contributed by atoms with E-state index in [4.69, 9.17) is 18.8 Å². The van der Waals surface area contributed by atoms with Crippen LogP contribution in [0.2, 0.25) is 0 Å². The van der Waals surface area contributed by atoms with Crippen molar-refractivity contribution in [2.45, 2.75) is 74.5 Å². The monoisotopic (exact) mass is 547 g/mol. The van der Waals surface area contributed by atoms with Crippen molar-refractivity contribution in [1.29, 1.82) is 0 Å². The van der Waals surface area contributed by atoms with E-state index < -0.39 is 0 Å². The molecule has 0 fully saturated rings. The molecule has 5 aromatic rings. The normalized spacial score (nSPS) is 11.9. The highest BCUT2D eigenvalue weighted by atomic mass is 16.4. The number of hydrogen-bond acceptors (Lipinski definition) is 5. The molecule has 5 heteroatoms. The van der Waals surface area contributed by atoms with Gasteiger partial charge >= 0.3 is 0 Å². The number of aromatic nitrogens is 2. The molecule has 0 N–H and O–H groups in total. The summed E-state index contributed by atoms with van der Waals surface area (Å²) in [6, 6.07) is 24.8. The van der Waals surface area contributed by atoms with Crippen LogP contribution < -0.4 is 0 Å². The predicted octanol–water partition coefficient (Wildman–Crippen LogP) is 9.02. The van der Waals surface area contributed by atoms with Crippen LogP contribution in [0, 0.1) is 33.1 Å². The molecule has 0 spiro atoms. The van der Waals surface area contributed by atoms with Crippen molar-refractivity contribution in [3.63, 3.8) is 0 Å². The lowest BCUT2D eigenvalue weighted by molar-refractivity contribution is 0.239. The first-order valence-electron chi connectivity index (χ1n) is 14.4. The van der Waals surface area contributed by atoms with Gasteiger partial charge in [-0.1, -0.05) is 69.3 Å². The molecule has 0 saturated heterocycles. The van der Waals surface area contributed by atoms with Crippen molar-refractivity contribution in [2.24, 2.45) is 5.41 Å². The average molecular weight is 548 g/mol. The molecule has 0 aliphatic rings. The Morgan fingerprint density at radius 1 is 0.634 bits per heavy atom. The molecule has 3 aromatic carbocycles. The van der Waals surface area contributed by atoms with Gasteiger partial charge in [-0.2, -0.15) is 0 Å². The summed E-state index contributed by atoms with van der Waals surface area (Å²) in [6.45, 7) is 17.4. The summed E-state index contributed by atoms with van der Waals surface area (Å²) >= 11 is 0. The molecular weight excluding hydrogens is 506 g/mol. The van der Waals surface area contributed by atoms with Crippen LogP contribution in [-0.4, -0.2) is 14.9 Å². The Labute approximate surface area is 244 Å². The number of aryl methyl sites for hydroxylation is 4. The van der Waals surface area contributed by atoms with Gasteiger partial charge < -0.3 is 8.83 Å². The van der Waals surface area contributed by atoms with Crippen molar-refractivity contribution in [3.05, 3.63) is 118 Å². The van der Waals surface area contributed by atoms with Gasteiger partial charge in [-0.25, -0.2) is 9.97 Å². The molecule has 5 nitrogen and oxygen atoms in total. The molecule has 2 heterocycles. The van der Waals surface area contributed by atoms with Gasteiger partial charge in [-0.15, -0.1) is 0 Å². The summed E-state index contributed by atoms with van der Waals surface area (Å²) in [5.74, 6) is 2.98. The maximum Gasteiger partial charge on any atom is 0.226 e. The molecule has 2 aromatic heterocycles. The summed E-state index contributed by atoms with van der Waals surface area (Å²) in [4.78, 5) is 12.2. The van der Waals surface area contributed by atoms with Crippen LogP contribution >= 0.6 is 0 Å². The summed E-state index contributed by atoms with van der Waals surface area (Å²) in [7, 11) is 0. The van der Waals surface area contributed by atoms with Gasteiger partial charge in [0.15, 0.2) is 0 Å². The Balaban J connectivity index is 1.46. The Kier molecular flexibility index (Phi) is 8.27. The lowest BCUT2D eigenvalue weighted by Crippen LogP contribution is -2.24. The van der Waals surface area contributed by atoms with E-state index in [0.717, 1.165) is 47.0 Å². The van der Waals surface area contributed by atoms with Gasteiger partial charge in [0.1, 0.15) is 11.5 Å². The molecule has 5 rings (SSSR count). The molecule has 0 atom stereocenters. The van der Waals surface area contributed by atoms with Crippen LogP contribution in [0.3, 0.4) is 0 Å². The fourth-order valence-electron chi connectivity index (χ4n) is 5.39. The maximum atomic E-state index is 6.12. The second-order valence-electron chi connectivity index (χ2n) is 12.4. The largest absolute Gasteiger partial charge is 0.441 e. The first kappa shape index (κ1) is 28.6. The van der Waals surface area contributed by atoms with E-state index in [1.807, 2.05) is 74.5 Å². The highest BCUT2D eigenvalue weighted by molar-refractivity contribution is 5.54. The van der Waals surface area contributed by atoms with Crippen molar-refractivity contribution in [2.75, 3.05) is 0 Å². The molecule has 0 amide bonds. The Morgan fingerprint density at radius 2 is 1.07 bits per heavy atom. The molecule has 0 radical (unpaired) electrons. The quantitative estimate of drug-likeness (QED) is 0.184. The fourth-order valence-corrected chi connectivity index (χ4v) is 5.39. The third kappa shape index (κ3) is 7.04. The zero-order valence-corrected chi connectivity index (χ0v) is 25.4. The minimum Gasteiger partial charge on any atom is -0.441 e. The molecule has 212 valence electrons. The fraction of sp³-hybridized carbons (Fsp3) is 0.333. The molecule has 0 unspecified atom stereocenters. The lowest BCUT2D eigenvalue weighted by Gasteiger charge is -2.24. The van der Waals surface area contributed by atoms with Crippen LogP contribution in [0.15, 0.2) is 81.6 Å². The first-order chi connectivity index (χ1) is 19.6. The Hall–Kier alpha value is -3.96. The van der Waals surface area contributed by atoms with Crippen LogP contribution in [0.25, 0.3) is 22.9 Å². The van der Waals surface area contributed by atoms with Crippen LogP contribution in [0.4, 0.5) is 0 Å². The molecular formula is C36H41N3O2. The summed E-state index contributed by atoms with van der Waals surface area (Å²) in [6.07, 6.45) is 1.06. The van der Waals surface area contributed by atoms with Crippen molar-refractivity contribution < 1.29 is 8.83 Å². The smallest absolute Gasteiger partial charge is 0.226 e. The van der Waals surface area contributed by atoms with E-state index >= 15 is 0 Å². The van der Waals surface area contributed by atoms with Gasteiger partial charge in [0.05, 0.1) is 11.4 Å². The second-order valence-corrected chi connectivity index (χ2v) is 12.4. The summed E-state index contributed by atoms with van der Waals surface area (Å²) in [5.41, 5.74) is 9.51. The van der Waals surface area contributed by atoms with Gasteiger partial charge in [0.25, 0.3) is 0 Å². The van der Waals surface area contributed by atoms with Gasteiger partial charge in [0.2, 0.25) is 11.8 Å². The third-order valence-electron chi connectivity index (χ3n) is 7.44. The number of benzene rings is 3. The standard InChI is InChI=1S/C36H41N3O2/c1-24-18-28(19-25(2)31(24)20-36(5,6)7)21-39(22-32-26(3)40-34(37-32)29-14-10-8-11-15-29)23-33-27(4)41-35(38-33)30-16-12-9-13-17-30/h8-19H,20-23H2,1-7H3. The van der Waals surface area contributed by atoms with E-state index in [0.29, 0.717) is 24.9 Å². The van der Waals surface area contributed by atoms with Crippen LogP contribution in [0.5, 0.6) is 0 Å². The Bertz CT molecular complexity index is 1500. The summed E-state index contributed by atoms with van der Waals surface area (Å²) in [5, 5.41) is 0. The Morgan fingerprint density at radius 3 is 1.49 bits per heavy atom. The highest BCUT2D eigenvalue weighted by Gasteiger charge is 2.21. The highest BCUT2D eigenvalue weighted by Crippen LogP contribution is 2.29. The predicted molar refractivity (Wildman–Crippen MR) is 165 cm³/mol. The number of hydrogen-bond donors (Lipinski definition) is 0. The van der Waals surface area contributed by atoms with Crippen LogP contribution in [0.1, 0.15) is 65.9 Å². The van der Waals surface area contributed by atoms with Gasteiger partial charge in [-0.05, 0) is 86.1 Å². The number of rotatable bonds is 9. The molecule has 41 heavy (non-hydrogen) atoms. The first-order valence-corrected chi connectivity index (χ1v) is 14.4. The number of nitrogens with zero attached hydrogens (tertiary/aromatic N) is 3. The molecule has 0 saturated carbocycles. The lowest BCUT2D eigenvalue weighted by atomic mass is 9.84. The average Bonchev–Trinajstić information content (AvgIpc) is 3.48. The van der Waals surface area contributed by atoms with E-state index in [9.17, 15) is 0 Å².